The Morgan fingerprint density at radius 1 is 1.14 bits per heavy atom. The number of ether oxygens (including phenoxy) is 2. The second-order valence-corrected chi connectivity index (χ2v) is 10.8. The molecule has 2 aromatic carbocycles. The number of furan rings is 1. The summed E-state index contributed by atoms with van der Waals surface area (Å²) in [5, 5.41) is 0. The van der Waals surface area contributed by atoms with Gasteiger partial charge in [0.25, 0.3) is 5.56 Å². The molecule has 0 bridgehead atoms. The van der Waals surface area contributed by atoms with E-state index in [-0.39, 0.29) is 33.3 Å². The largest absolute Gasteiger partial charge is 0.494 e. The lowest BCUT2D eigenvalue weighted by molar-refractivity contribution is -0.143. The highest BCUT2D eigenvalue weighted by Crippen LogP contribution is 2.34. The molecule has 0 amide bonds. The summed E-state index contributed by atoms with van der Waals surface area (Å²) in [5.41, 5.74) is 0.403. The molecule has 1 aliphatic heterocycles. The minimum atomic E-state index is -4.49. The summed E-state index contributed by atoms with van der Waals surface area (Å²) in [6, 6.07) is 14.3. The lowest BCUT2D eigenvalue weighted by Gasteiger charge is -2.25. The van der Waals surface area contributed by atoms with Crippen LogP contribution in [0.5, 0.6) is 5.75 Å². The summed E-state index contributed by atoms with van der Waals surface area (Å²) in [5.74, 6) is 0.577. The van der Waals surface area contributed by atoms with E-state index in [2.05, 4.69) is 4.99 Å². The number of benzene rings is 2. The fourth-order valence-corrected chi connectivity index (χ4v) is 5.68. The SMILES string of the molecule is CCOc1ccc([C@@H]2C(C(=O)OC(C)C)=C(C)N=c3s/c(=C/c4ccc(-c5cccc(C(F)(F)F)c5)o4)c(=O)n32)cc1. The summed E-state index contributed by atoms with van der Waals surface area (Å²) >= 11 is 1.12. The molecule has 0 unspecified atom stereocenters. The monoisotopic (exact) mass is 596 g/mol. The van der Waals surface area contributed by atoms with Gasteiger partial charge >= 0.3 is 12.1 Å². The lowest BCUT2D eigenvalue weighted by atomic mass is 9.96. The maximum atomic E-state index is 13.8. The van der Waals surface area contributed by atoms with E-state index in [9.17, 15) is 22.8 Å². The smallest absolute Gasteiger partial charge is 0.416 e. The van der Waals surface area contributed by atoms with Gasteiger partial charge in [-0.05, 0) is 69.7 Å². The molecule has 1 atom stereocenters. The van der Waals surface area contributed by atoms with Crippen molar-refractivity contribution in [2.45, 2.75) is 46.0 Å². The molecule has 0 saturated heterocycles. The highest BCUT2D eigenvalue weighted by atomic mass is 32.1. The number of hydrogen-bond acceptors (Lipinski definition) is 7. The van der Waals surface area contributed by atoms with Gasteiger partial charge in [0, 0.05) is 11.6 Å². The lowest BCUT2D eigenvalue weighted by Crippen LogP contribution is -2.40. The van der Waals surface area contributed by atoms with E-state index in [0.717, 1.165) is 23.5 Å². The van der Waals surface area contributed by atoms with Crippen LogP contribution in [0.1, 0.15) is 50.6 Å². The predicted molar refractivity (Wildman–Crippen MR) is 152 cm³/mol. The van der Waals surface area contributed by atoms with Crippen LogP contribution in [0.2, 0.25) is 0 Å². The summed E-state index contributed by atoms with van der Waals surface area (Å²) in [6.07, 6.45) is -3.35. The average Bonchev–Trinajstić information content (AvgIpc) is 3.52. The van der Waals surface area contributed by atoms with Crippen LogP contribution in [-0.4, -0.2) is 23.2 Å². The van der Waals surface area contributed by atoms with Gasteiger partial charge in [-0.2, -0.15) is 13.2 Å². The summed E-state index contributed by atoms with van der Waals surface area (Å²) < 4.78 is 58.2. The Balaban J connectivity index is 1.59. The van der Waals surface area contributed by atoms with Crippen LogP contribution in [0.25, 0.3) is 17.4 Å². The van der Waals surface area contributed by atoms with E-state index in [0.29, 0.717) is 28.4 Å². The van der Waals surface area contributed by atoms with Crippen molar-refractivity contribution in [3.05, 3.63) is 109 Å². The number of thiazole rings is 1. The number of carbonyl (C=O) groups excluding carboxylic acids is 1. The molecule has 3 heterocycles. The molecule has 0 saturated carbocycles. The molecule has 0 fully saturated rings. The molecule has 0 aliphatic carbocycles. The number of alkyl halides is 3. The minimum Gasteiger partial charge on any atom is -0.494 e. The third-order valence-corrected chi connectivity index (χ3v) is 7.45. The number of halogens is 3. The van der Waals surface area contributed by atoms with Gasteiger partial charge in [0.1, 0.15) is 17.3 Å². The predicted octanol–water partition coefficient (Wildman–Crippen LogP) is 5.86. The van der Waals surface area contributed by atoms with Gasteiger partial charge in [-0.15, -0.1) is 0 Å². The summed E-state index contributed by atoms with van der Waals surface area (Å²) in [4.78, 5) is 32.0. The van der Waals surface area contributed by atoms with Gasteiger partial charge in [0.15, 0.2) is 4.80 Å². The first kappa shape index (κ1) is 29.1. The number of hydrogen-bond donors (Lipinski definition) is 0. The Morgan fingerprint density at radius 2 is 1.88 bits per heavy atom. The van der Waals surface area contributed by atoms with E-state index >= 15 is 0 Å². The first-order chi connectivity index (χ1) is 20.0. The van der Waals surface area contributed by atoms with Crippen molar-refractivity contribution in [3.8, 4) is 17.1 Å². The van der Waals surface area contributed by atoms with Crippen molar-refractivity contribution in [1.29, 1.82) is 0 Å². The topological polar surface area (TPSA) is 83.0 Å². The molecular weight excluding hydrogens is 569 g/mol. The van der Waals surface area contributed by atoms with E-state index in [1.807, 2.05) is 6.92 Å². The highest BCUT2D eigenvalue weighted by molar-refractivity contribution is 7.07. The van der Waals surface area contributed by atoms with Gasteiger partial charge in [0.2, 0.25) is 0 Å². The normalized spacial score (nSPS) is 15.5. The number of nitrogens with zero attached hydrogens (tertiary/aromatic N) is 2. The van der Waals surface area contributed by atoms with Crippen LogP contribution >= 0.6 is 11.3 Å². The number of aromatic nitrogens is 1. The molecule has 0 spiro atoms. The molecule has 218 valence electrons. The van der Waals surface area contributed by atoms with Crippen LogP contribution in [0.3, 0.4) is 0 Å². The third-order valence-electron chi connectivity index (χ3n) is 6.47. The second kappa shape index (κ2) is 11.5. The number of allylic oxidation sites excluding steroid dienone is 1. The van der Waals surface area contributed by atoms with Crippen molar-refractivity contribution in [2.75, 3.05) is 6.61 Å². The number of carbonyl (C=O) groups is 1. The molecule has 42 heavy (non-hydrogen) atoms. The summed E-state index contributed by atoms with van der Waals surface area (Å²) in [7, 11) is 0. The highest BCUT2D eigenvalue weighted by Gasteiger charge is 2.34. The molecule has 0 radical (unpaired) electrons. The Bertz CT molecular complexity index is 1850. The fourth-order valence-electron chi connectivity index (χ4n) is 4.65. The molecular formula is C31H27F3N2O5S. The minimum absolute atomic E-state index is 0.224. The van der Waals surface area contributed by atoms with E-state index in [4.69, 9.17) is 13.9 Å². The van der Waals surface area contributed by atoms with Crippen LogP contribution in [0.15, 0.2) is 86.1 Å². The quantitative estimate of drug-likeness (QED) is 0.250. The van der Waals surface area contributed by atoms with Gasteiger partial charge in [-0.1, -0.05) is 35.6 Å². The van der Waals surface area contributed by atoms with Crippen LogP contribution in [-0.2, 0) is 15.7 Å². The van der Waals surface area contributed by atoms with Gasteiger partial charge in [0.05, 0.1) is 40.1 Å². The molecule has 7 nitrogen and oxygen atoms in total. The van der Waals surface area contributed by atoms with Crippen LogP contribution in [0.4, 0.5) is 13.2 Å². The van der Waals surface area contributed by atoms with Crippen LogP contribution < -0.4 is 19.6 Å². The molecule has 1 aliphatic rings. The zero-order chi connectivity index (χ0) is 30.2. The molecule has 5 rings (SSSR count). The van der Waals surface area contributed by atoms with E-state index in [1.54, 1.807) is 57.2 Å². The van der Waals surface area contributed by atoms with Crippen LogP contribution in [0, 0.1) is 0 Å². The standard InChI is InChI=1S/C31H27F3N2O5S/c1-5-39-22-11-9-19(10-12-22)27-26(29(38)40-17(2)3)18(4)35-30-36(27)28(37)25(42-30)16-23-13-14-24(41-23)20-7-6-8-21(15-20)31(32,33)34/h6-17,27H,5H2,1-4H3/b25-16+/t27-/m1/s1. The maximum absolute atomic E-state index is 13.8. The Hall–Kier alpha value is -4.38. The molecule has 11 heteroatoms. The Labute approximate surface area is 242 Å². The average molecular weight is 597 g/mol. The van der Waals surface area contributed by atoms with Gasteiger partial charge < -0.3 is 13.9 Å². The van der Waals surface area contributed by atoms with Crippen molar-refractivity contribution in [3.63, 3.8) is 0 Å². The second-order valence-electron chi connectivity index (χ2n) is 9.82. The fraction of sp³-hybridized carbons (Fsp3) is 0.258. The van der Waals surface area contributed by atoms with E-state index in [1.165, 1.54) is 22.8 Å². The first-order valence-corrected chi connectivity index (χ1v) is 14.0. The number of esters is 1. The van der Waals surface area contributed by atoms with Crippen molar-refractivity contribution in [2.24, 2.45) is 4.99 Å². The number of rotatable bonds is 7. The maximum Gasteiger partial charge on any atom is 0.416 e. The van der Waals surface area contributed by atoms with Gasteiger partial charge in [-0.3, -0.25) is 9.36 Å². The molecule has 2 aromatic heterocycles. The zero-order valence-electron chi connectivity index (χ0n) is 23.2. The number of fused-ring (bicyclic) bond motifs is 1. The third kappa shape index (κ3) is 5.82. The van der Waals surface area contributed by atoms with Crippen molar-refractivity contribution >= 4 is 23.4 Å². The molecule has 0 N–H and O–H groups in total. The Morgan fingerprint density at radius 3 is 2.55 bits per heavy atom. The summed E-state index contributed by atoms with van der Waals surface area (Å²) in [6.45, 7) is 7.54. The molecule has 4 aromatic rings. The Kier molecular flexibility index (Phi) is 7.96. The first-order valence-electron chi connectivity index (χ1n) is 13.2. The van der Waals surface area contributed by atoms with Crippen molar-refractivity contribution < 1.29 is 31.9 Å². The van der Waals surface area contributed by atoms with E-state index < -0.39 is 29.3 Å². The zero-order valence-corrected chi connectivity index (χ0v) is 24.0. The van der Waals surface area contributed by atoms with Gasteiger partial charge in [-0.25, -0.2) is 9.79 Å². The van der Waals surface area contributed by atoms with Crippen molar-refractivity contribution in [1.82, 2.24) is 4.57 Å².